The van der Waals surface area contributed by atoms with E-state index in [2.05, 4.69) is 4.98 Å². The van der Waals surface area contributed by atoms with Crippen molar-refractivity contribution in [2.45, 2.75) is 6.54 Å². The van der Waals surface area contributed by atoms with E-state index in [1.54, 1.807) is 6.20 Å². The van der Waals surface area contributed by atoms with Crippen molar-refractivity contribution in [1.82, 2.24) is 9.38 Å². The molecule has 2 aromatic rings. The summed E-state index contributed by atoms with van der Waals surface area (Å²) in [5, 5.41) is 0.650. The molecule has 4 heteroatoms. The predicted octanol–water partition coefficient (Wildman–Crippen LogP) is 1.45. The minimum absolute atomic E-state index is 0.474. The highest BCUT2D eigenvalue weighted by Gasteiger charge is 2.02. The molecule has 2 rings (SSSR count). The molecule has 0 fully saturated rings. The van der Waals surface area contributed by atoms with Crippen molar-refractivity contribution in [3.05, 3.63) is 35.2 Å². The smallest absolute Gasteiger partial charge is 0.155 e. The molecular formula is C8H8ClN3. The van der Waals surface area contributed by atoms with Gasteiger partial charge in [0, 0.05) is 12.7 Å². The molecule has 3 nitrogen and oxygen atoms in total. The zero-order valence-corrected chi connectivity index (χ0v) is 7.12. The molecule has 0 radical (unpaired) electrons. The van der Waals surface area contributed by atoms with Gasteiger partial charge >= 0.3 is 0 Å². The highest BCUT2D eigenvalue weighted by atomic mass is 35.5. The van der Waals surface area contributed by atoms with Crippen molar-refractivity contribution in [2.75, 3.05) is 0 Å². The van der Waals surface area contributed by atoms with Crippen LogP contribution in [0.15, 0.2) is 24.5 Å². The number of halogens is 1. The molecule has 0 aromatic carbocycles. The van der Waals surface area contributed by atoms with Gasteiger partial charge in [0.1, 0.15) is 0 Å². The van der Waals surface area contributed by atoms with E-state index in [0.29, 0.717) is 11.6 Å². The first-order chi connectivity index (χ1) is 5.83. The van der Waals surface area contributed by atoms with Crippen LogP contribution in [0.1, 0.15) is 5.69 Å². The van der Waals surface area contributed by atoms with Gasteiger partial charge in [-0.05, 0) is 12.1 Å². The fourth-order valence-corrected chi connectivity index (χ4v) is 1.39. The molecule has 12 heavy (non-hydrogen) atoms. The van der Waals surface area contributed by atoms with Crippen molar-refractivity contribution in [1.29, 1.82) is 0 Å². The van der Waals surface area contributed by atoms with E-state index in [1.807, 2.05) is 22.7 Å². The van der Waals surface area contributed by atoms with Crippen LogP contribution in [0.3, 0.4) is 0 Å². The number of nitrogens with two attached hydrogens (primary N) is 1. The lowest BCUT2D eigenvalue weighted by Gasteiger charge is -1.97. The van der Waals surface area contributed by atoms with Gasteiger partial charge in [0.15, 0.2) is 5.65 Å². The number of pyridine rings is 1. The predicted molar refractivity (Wildman–Crippen MR) is 48.1 cm³/mol. The third kappa shape index (κ3) is 0.983. The number of aromatic nitrogens is 2. The minimum Gasteiger partial charge on any atom is -0.325 e. The molecule has 2 heterocycles. The van der Waals surface area contributed by atoms with Gasteiger partial charge in [-0.15, -0.1) is 0 Å². The SMILES string of the molecule is NCc1cnc2c(Cl)cccn12. The molecule has 0 atom stereocenters. The standard InChI is InChI=1S/C8H8ClN3/c9-7-2-1-3-12-6(4-10)5-11-8(7)12/h1-3,5H,4,10H2. The zero-order valence-electron chi connectivity index (χ0n) is 6.37. The minimum atomic E-state index is 0.474. The van der Waals surface area contributed by atoms with Crippen LogP contribution in [0.2, 0.25) is 5.02 Å². The first-order valence-electron chi connectivity index (χ1n) is 3.63. The lowest BCUT2D eigenvalue weighted by atomic mass is 10.4. The van der Waals surface area contributed by atoms with Crippen LogP contribution in [0, 0.1) is 0 Å². The number of hydrogen-bond acceptors (Lipinski definition) is 2. The van der Waals surface area contributed by atoms with Gasteiger partial charge < -0.3 is 10.1 Å². The van der Waals surface area contributed by atoms with Crippen LogP contribution in [-0.4, -0.2) is 9.38 Å². The maximum Gasteiger partial charge on any atom is 0.155 e. The van der Waals surface area contributed by atoms with E-state index in [0.717, 1.165) is 11.3 Å². The molecule has 2 N–H and O–H groups in total. The largest absolute Gasteiger partial charge is 0.325 e. The summed E-state index contributed by atoms with van der Waals surface area (Å²) in [7, 11) is 0. The van der Waals surface area contributed by atoms with Gasteiger partial charge in [0.2, 0.25) is 0 Å². The Balaban J connectivity index is 2.80. The topological polar surface area (TPSA) is 43.3 Å². The first-order valence-corrected chi connectivity index (χ1v) is 4.01. The molecule has 0 saturated heterocycles. The molecule has 0 aliphatic carbocycles. The lowest BCUT2D eigenvalue weighted by Crippen LogP contribution is -2.00. The number of rotatable bonds is 1. The quantitative estimate of drug-likeness (QED) is 0.724. The summed E-state index contributed by atoms with van der Waals surface area (Å²) >= 11 is 5.90. The summed E-state index contributed by atoms with van der Waals surface area (Å²) in [6.45, 7) is 0.474. The Labute approximate surface area is 74.8 Å². The van der Waals surface area contributed by atoms with Gasteiger partial charge in [-0.3, -0.25) is 0 Å². The van der Waals surface area contributed by atoms with Crippen LogP contribution in [0.4, 0.5) is 0 Å². The molecule has 62 valence electrons. The van der Waals surface area contributed by atoms with Crippen LogP contribution in [0.5, 0.6) is 0 Å². The monoisotopic (exact) mass is 181 g/mol. The normalized spacial score (nSPS) is 10.8. The maximum absolute atomic E-state index is 5.90. The number of hydrogen-bond donors (Lipinski definition) is 1. The summed E-state index contributed by atoms with van der Waals surface area (Å²) in [5.41, 5.74) is 7.24. The fourth-order valence-electron chi connectivity index (χ4n) is 1.18. The van der Waals surface area contributed by atoms with Crippen molar-refractivity contribution < 1.29 is 0 Å². The second-order valence-corrected chi connectivity index (χ2v) is 2.91. The van der Waals surface area contributed by atoms with Crippen molar-refractivity contribution in [3.8, 4) is 0 Å². The van der Waals surface area contributed by atoms with Crippen molar-refractivity contribution >= 4 is 17.2 Å². The molecule has 0 bridgehead atoms. The van der Waals surface area contributed by atoms with Crippen LogP contribution >= 0.6 is 11.6 Å². The van der Waals surface area contributed by atoms with Gasteiger partial charge in [0.25, 0.3) is 0 Å². The molecule has 2 aromatic heterocycles. The van der Waals surface area contributed by atoms with E-state index in [1.165, 1.54) is 0 Å². The molecule has 0 amide bonds. The van der Waals surface area contributed by atoms with Crippen LogP contribution < -0.4 is 5.73 Å². The Morgan fingerprint density at radius 2 is 2.42 bits per heavy atom. The van der Waals surface area contributed by atoms with E-state index in [4.69, 9.17) is 17.3 Å². The van der Waals surface area contributed by atoms with E-state index < -0.39 is 0 Å². The fraction of sp³-hybridized carbons (Fsp3) is 0.125. The Morgan fingerprint density at radius 3 is 3.17 bits per heavy atom. The van der Waals surface area contributed by atoms with Gasteiger partial charge in [-0.2, -0.15) is 0 Å². The van der Waals surface area contributed by atoms with Crippen LogP contribution in [0.25, 0.3) is 5.65 Å². The molecule has 0 spiro atoms. The lowest BCUT2D eigenvalue weighted by molar-refractivity contribution is 0.959. The van der Waals surface area contributed by atoms with Crippen LogP contribution in [-0.2, 0) is 6.54 Å². The Kier molecular flexibility index (Phi) is 1.75. The molecule has 0 unspecified atom stereocenters. The molecule has 0 aliphatic rings. The van der Waals surface area contributed by atoms with Crippen molar-refractivity contribution in [2.24, 2.45) is 5.73 Å². The zero-order chi connectivity index (χ0) is 8.55. The average Bonchev–Trinajstić information content (AvgIpc) is 2.49. The van der Waals surface area contributed by atoms with E-state index in [9.17, 15) is 0 Å². The second kappa shape index (κ2) is 2.77. The molecular weight excluding hydrogens is 174 g/mol. The number of nitrogens with zero attached hydrogens (tertiary/aromatic N) is 2. The van der Waals surface area contributed by atoms with E-state index in [-0.39, 0.29) is 0 Å². The average molecular weight is 182 g/mol. The maximum atomic E-state index is 5.90. The Bertz CT molecular complexity index is 408. The third-order valence-electron chi connectivity index (χ3n) is 1.77. The van der Waals surface area contributed by atoms with Gasteiger partial charge in [-0.25, -0.2) is 4.98 Å². The molecule has 0 saturated carbocycles. The summed E-state index contributed by atoms with van der Waals surface area (Å²) < 4.78 is 1.89. The first kappa shape index (κ1) is 7.58. The number of imidazole rings is 1. The summed E-state index contributed by atoms with van der Waals surface area (Å²) in [6, 6.07) is 3.68. The highest BCUT2D eigenvalue weighted by molar-refractivity contribution is 6.33. The third-order valence-corrected chi connectivity index (χ3v) is 2.07. The van der Waals surface area contributed by atoms with Crippen molar-refractivity contribution in [3.63, 3.8) is 0 Å². The number of fused-ring (bicyclic) bond motifs is 1. The van der Waals surface area contributed by atoms with E-state index >= 15 is 0 Å². The second-order valence-electron chi connectivity index (χ2n) is 2.50. The summed E-state index contributed by atoms with van der Waals surface area (Å²) in [6.07, 6.45) is 3.64. The summed E-state index contributed by atoms with van der Waals surface area (Å²) in [5.74, 6) is 0. The Hall–Kier alpha value is -1.06. The van der Waals surface area contributed by atoms with Gasteiger partial charge in [0.05, 0.1) is 16.9 Å². The molecule has 0 aliphatic heterocycles. The Morgan fingerprint density at radius 1 is 1.58 bits per heavy atom. The highest BCUT2D eigenvalue weighted by Crippen LogP contribution is 2.16. The summed E-state index contributed by atoms with van der Waals surface area (Å²) in [4.78, 5) is 4.14. The van der Waals surface area contributed by atoms with Gasteiger partial charge in [-0.1, -0.05) is 11.6 Å².